The van der Waals surface area contributed by atoms with Crippen molar-refractivity contribution in [3.8, 4) is 0 Å². The van der Waals surface area contributed by atoms with Gasteiger partial charge in [0.1, 0.15) is 0 Å². The molecule has 0 saturated carbocycles. The minimum absolute atomic E-state index is 0. The number of aliphatic carboxylic acids is 1. The molecule has 7 heteroatoms. The van der Waals surface area contributed by atoms with E-state index in [0.717, 1.165) is 16.2 Å². The van der Waals surface area contributed by atoms with Gasteiger partial charge in [-0.1, -0.05) is 6.92 Å². The molecule has 4 nitrogen and oxygen atoms in total. The van der Waals surface area contributed by atoms with Gasteiger partial charge >= 0.3 is 29.6 Å². The molecule has 0 aliphatic carbocycles. The number of rotatable bonds is 4. The van der Waals surface area contributed by atoms with Crippen LogP contribution in [0.1, 0.15) is 17.4 Å². The second-order valence-electron chi connectivity index (χ2n) is 2.67. The van der Waals surface area contributed by atoms with Crippen LogP contribution in [-0.2, 0) is 11.2 Å². The third kappa shape index (κ3) is 6.03. The minimum Gasteiger partial charge on any atom is -0.548 e. The number of hydrogen-bond acceptors (Lipinski definition) is 5. The number of carboxylic acid groups (broad SMARTS) is 1. The van der Waals surface area contributed by atoms with Crippen LogP contribution in [0.5, 0.6) is 0 Å². The fourth-order valence-corrected chi connectivity index (χ4v) is 2.22. The van der Waals surface area contributed by atoms with E-state index >= 15 is 0 Å². The number of thiophene rings is 1. The Kier molecular flexibility index (Phi) is 10.7. The molecule has 2 N–H and O–H groups in total. The number of carbonyl (C=O) groups excluding carboxylic acids is 1. The summed E-state index contributed by atoms with van der Waals surface area (Å²) < 4.78 is 0.865. The zero-order valence-electron chi connectivity index (χ0n) is 9.19. The molecule has 16 heavy (non-hydrogen) atoms. The first-order valence-corrected chi connectivity index (χ1v) is 5.41. The van der Waals surface area contributed by atoms with Crippen molar-refractivity contribution in [2.45, 2.75) is 17.6 Å². The van der Waals surface area contributed by atoms with Crippen molar-refractivity contribution in [1.29, 1.82) is 0 Å². The molecule has 0 amide bonds. The first kappa shape index (κ1) is 18.5. The molecule has 0 aromatic carbocycles. The average molecular weight is 269 g/mol. The molecule has 0 unspecified atom stereocenters. The summed E-state index contributed by atoms with van der Waals surface area (Å²) in [5.41, 5.74) is 0.872. The van der Waals surface area contributed by atoms with Crippen molar-refractivity contribution in [3.05, 3.63) is 16.5 Å². The molecule has 0 fully saturated rings. The van der Waals surface area contributed by atoms with Gasteiger partial charge in [0.25, 0.3) is 0 Å². The van der Waals surface area contributed by atoms with Crippen molar-refractivity contribution < 1.29 is 44.9 Å². The number of aliphatic imine (C=N–C) groups is 1. The minimum atomic E-state index is -1.17. The predicted molar refractivity (Wildman–Crippen MR) is 62.0 cm³/mol. The molecular formula is C9H12NNaO3S2. The molecule has 0 spiro atoms. The zero-order chi connectivity index (χ0) is 10.6. The summed E-state index contributed by atoms with van der Waals surface area (Å²) in [6, 6.07) is 1.96. The smallest absolute Gasteiger partial charge is 0.548 e. The van der Waals surface area contributed by atoms with Crippen LogP contribution >= 0.6 is 24.0 Å². The van der Waals surface area contributed by atoms with Crippen LogP contribution in [0.3, 0.4) is 0 Å². The third-order valence-corrected chi connectivity index (χ3v) is 3.22. The Balaban J connectivity index is 0. The van der Waals surface area contributed by atoms with Crippen LogP contribution in [0.4, 0.5) is 0 Å². The van der Waals surface area contributed by atoms with E-state index < -0.39 is 5.97 Å². The standard InChI is InChI=1S/C9H11NO2S2.Na.H2O/c1-2-7-3-6(9(13)14-7)4-10-5-8(11)12;;/h3-4,13H,2,5H2,1H3,(H,11,12);;1H2/q;+1;/p-1. The summed E-state index contributed by atoms with van der Waals surface area (Å²) in [6.45, 7) is 1.76. The monoisotopic (exact) mass is 269 g/mol. The summed E-state index contributed by atoms with van der Waals surface area (Å²) >= 11 is 5.84. The van der Waals surface area contributed by atoms with Gasteiger partial charge in [-0.15, -0.1) is 24.0 Å². The van der Waals surface area contributed by atoms with E-state index in [1.165, 1.54) is 11.1 Å². The Morgan fingerprint density at radius 1 is 1.69 bits per heavy atom. The number of aryl methyl sites for hydroxylation is 1. The maximum absolute atomic E-state index is 10.1. The van der Waals surface area contributed by atoms with E-state index in [4.69, 9.17) is 0 Å². The van der Waals surface area contributed by atoms with E-state index in [9.17, 15) is 9.90 Å². The van der Waals surface area contributed by atoms with Crippen molar-refractivity contribution in [2.75, 3.05) is 6.54 Å². The average Bonchev–Trinajstić information content (AvgIpc) is 2.47. The molecule has 0 radical (unpaired) electrons. The van der Waals surface area contributed by atoms with Gasteiger partial charge in [0.2, 0.25) is 0 Å². The van der Waals surface area contributed by atoms with Gasteiger partial charge in [0.15, 0.2) is 0 Å². The molecule has 1 heterocycles. The van der Waals surface area contributed by atoms with Crippen molar-refractivity contribution in [2.24, 2.45) is 4.99 Å². The van der Waals surface area contributed by atoms with Crippen LogP contribution in [0.15, 0.2) is 15.3 Å². The van der Waals surface area contributed by atoms with E-state index in [0.29, 0.717) is 0 Å². The third-order valence-electron chi connectivity index (χ3n) is 1.59. The molecule has 0 atom stereocenters. The largest absolute Gasteiger partial charge is 1.00 e. The Bertz CT molecular complexity index is 366. The summed E-state index contributed by atoms with van der Waals surface area (Å²) in [7, 11) is 0. The van der Waals surface area contributed by atoms with Crippen molar-refractivity contribution >= 4 is 36.1 Å². The van der Waals surface area contributed by atoms with E-state index in [-0.39, 0.29) is 41.6 Å². The van der Waals surface area contributed by atoms with Gasteiger partial charge in [0, 0.05) is 16.7 Å². The first-order valence-electron chi connectivity index (χ1n) is 4.14. The van der Waals surface area contributed by atoms with Gasteiger partial charge in [-0.3, -0.25) is 4.99 Å². The molecule has 1 rings (SSSR count). The van der Waals surface area contributed by atoms with Gasteiger partial charge in [0.05, 0.1) is 16.7 Å². The summed E-state index contributed by atoms with van der Waals surface area (Å²) in [5, 5.41) is 10.1. The molecule has 1 aromatic heterocycles. The fraction of sp³-hybridized carbons (Fsp3) is 0.333. The van der Waals surface area contributed by atoms with Gasteiger partial charge in [-0.05, 0) is 12.5 Å². The van der Waals surface area contributed by atoms with Gasteiger partial charge in [-0.2, -0.15) is 0 Å². The van der Waals surface area contributed by atoms with E-state index in [1.54, 1.807) is 11.3 Å². The predicted octanol–water partition coefficient (Wildman–Crippen LogP) is -3.05. The Labute approximate surface area is 126 Å². The molecule has 0 aliphatic heterocycles. The fourth-order valence-electron chi connectivity index (χ4n) is 0.933. The number of carboxylic acids is 1. The molecule has 0 bridgehead atoms. The zero-order valence-corrected chi connectivity index (χ0v) is 12.9. The Hall–Kier alpha value is 0.150. The maximum Gasteiger partial charge on any atom is 1.00 e. The Morgan fingerprint density at radius 3 is 2.75 bits per heavy atom. The second kappa shape index (κ2) is 9.21. The number of hydrogen-bond donors (Lipinski definition) is 1. The van der Waals surface area contributed by atoms with Crippen LogP contribution in [0.25, 0.3) is 0 Å². The molecule has 84 valence electrons. The number of thiol groups is 1. The van der Waals surface area contributed by atoms with E-state index in [2.05, 4.69) is 24.5 Å². The molecule has 1 aromatic rings. The van der Waals surface area contributed by atoms with Gasteiger partial charge in [-0.25, -0.2) is 0 Å². The summed E-state index contributed by atoms with van der Waals surface area (Å²) in [4.78, 5) is 15.0. The molecule has 0 saturated heterocycles. The van der Waals surface area contributed by atoms with Crippen molar-refractivity contribution in [3.63, 3.8) is 0 Å². The quantitative estimate of drug-likeness (QED) is 0.358. The second-order valence-corrected chi connectivity index (χ2v) is 4.56. The SMILES string of the molecule is CCc1cc(C=NCC(=O)[O-])c(S)s1.O.[Na+]. The number of carbonyl (C=O) groups is 1. The topological polar surface area (TPSA) is 84.0 Å². The van der Waals surface area contributed by atoms with Gasteiger partial charge < -0.3 is 15.4 Å². The first-order chi connectivity index (χ1) is 6.63. The van der Waals surface area contributed by atoms with Crippen LogP contribution in [-0.4, -0.2) is 24.2 Å². The van der Waals surface area contributed by atoms with Crippen LogP contribution < -0.4 is 34.7 Å². The van der Waals surface area contributed by atoms with Crippen molar-refractivity contribution in [1.82, 2.24) is 0 Å². The Morgan fingerprint density at radius 2 is 2.31 bits per heavy atom. The molecular weight excluding hydrogens is 257 g/mol. The normalized spacial score (nSPS) is 9.62. The van der Waals surface area contributed by atoms with E-state index in [1.807, 2.05) is 6.07 Å². The maximum atomic E-state index is 10.1. The summed E-state index contributed by atoms with van der Waals surface area (Å²) in [6.07, 6.45) is 2.47. The number of nitrogens with zero attached hydrogens (tertiary/aromatic N) is 1. The van der Waals surface area contributed by atoms with Crippen LogP contribution in [0.2, 0.25) is 0 Å². The summed E-state index contributed by atoms with van der Waals surface area (Å²) in [5.74, 6) is -1.17. The molecule has 0 aliphatic rings. The van der Waals surface area contributed by atoms with Crippen LogP contribution in [0, 0.1) is 0 Å².